The van der Waals surface area contributed by atoms with E-state index in [1.165, 1.54) is 18.4 Å². The minimum Gasteiger partial charge on any atom is -0.468 e. The van der Waals surface area contributed by atoms with Gasteiger partial charge in [0.1, 0.15) is 5.76 Å². The highest BCUT2D eigenvalue weighted by Crippen LogP contribution is 2.24. The molecule has 2 aromatic heterocycles. The molecule has 1 aliphatic rings. The van der Waals surface area contributed by atoms with Crippen LogP contribution in [0, 0.1) is 0 Å². The Morgan fingerprint density at radius 3 is 2.76 bits per heavy atom. The van der Waals surface area contributed by atoms with Gasteiger partial charge in [0.05, 0.1) is 18.8 Å². The molecule has 3 rings (SSSR count). The maximum Gasteiger partial charge on any atom is 0.191 e. The molecule has 3 heterocycles. The average Bonchev–Trinajstić information content (AvgIpc) is 3.36. The number of guanidine groups is 1. The van der Waals surface area contributed by atoms with Crippen LogP contribution in [0.2, 0.25) is 0 Å². The zero-order valence-electron chi connectivity index (χ0n) is 15.2. The molecule has 2 aromatic rings. The fourth-order valence-electron chi connectivity index (χ4n) is 3.30. The smallest absolute Gasteiger partial charge is 0.191 e. The standard InChI is InChI=1S/C19H29N5O/c1-3-20-19(21-13-16-8-11-23(2)15-16)22-14-17(18-7-6-12-25-18)24-9-4-5-10-24/h6-8,11-12,15,17H,3-5,9-10,13-14H2,1-2H3,(H2,20,21,22). The van der Waals surface area contributed by atoms with Crippen molar-refractivity contribution < 1.29 is 4.42 Å². The summed E-state index contributed by atoms with van der Waals surface area (Å²) >= 11 is 0. The molecule has 6 heteroatoms. The Morgan fingerprint density at radius 2 is 2.12 bits per heavy atom. The van der Waals surface area contributed by atoms with Crippen LogP contribution in [0.5, 0.6) is 0 Å². The second kappa shape index (κ2) is 8.76. The van der Waals surface area contributed by atoms with Crippen molar-refractivity contribution in [2.75, 3.05) is 26.2 Å². The van der Waals surface area contributed by atoms with Crippen molar-refractivity contribution in [1.29, 1.82) is 0 Å². The van der Waals surface area contributed by atoms with Crippen LogP contribution >= 0.6 is 0 Å². The number of aryl methyl sites for hydroxylation is 1. The number of aromatic nitrogens is 1. The molecule has 0 bridgehead atoms. The molecule has 1 fully saturated rings. The fourth-order valence-corrected chi connectivity index (χ4v) is 3.30. The third-order valence-corrected chi connectivity index (χ3v) is 4.57. The van der Waals surface area contributed by atoms with Gasteiger partial charge in [-0.15, -0.1) is 0 Å². The lowest BCUT2D eigenvalue weighted by Crippen LogP contribution is -2.42. The van der Waals surface area contributed by atoms with Gasteiger partial charge < -0.3 is 19.6 Å². The van der Waals surface area contributed by atoms with Crippen LogP contribution in [0.3, 0.4) is 0 Å². The van der Waals surface area contributed by atoms with E-state index in [1.807, 2.05) is 23.9 Å². The summed E-state index contributed by atoms with van der Waals surface area (Å²) in [5.41, 5.74) is 1.21. The van der Waals surface area contributed by atoms with E-state index in [-0.39, 0.29) is 6.04 Å². The van der Waals surface area contributed by atoms with E-state index in [9.17, 15) is 0 Å². The Balaban J connectivity index is 1.63. The molecule has 0 amide bonds. The molecule has 136 valence electrons. The third kappa shape index (κ3) is 4.89. The fraction of sp³-hybridized carbons (Fsp3) is 0.526. The number of likely N-dealkylation sites (tertiary alicyclic amines) is 1. The molecule has 1 aliphatic heterocycles. The summed E-state index contributed by atoms with van der Waals surface area (Å²) in [7, 11) is 2.03. The second-order valence-corrected chi connectivity index (χ2v) is 6.54. The first-order valence-corrected chi connectivity index (χ1v) is 9.16. The number of nitrogens with zero attached hydrogens (tertiary/aromatic N) is 3. The highest BCUT2D eigenvalue weighted by Gasteiger charge is 2.25. The predicted molar refractivity (Wildman–Crippen MR) is 100 cm³/mol. The zero-order valence-corrected chi connectivity index (χ0v) is 15.2. The maximum absolute atomic E-state index is 5.69. The zero-order chi connectivity index (χ0) is 17.5. The van der Waals surface area contributed by atoms with E-state index in [0.29, 0.717) is 6.54 Å². The van der Waals surface area contributed by atoms with Crippen molar-refractivity contribution in [3.63, 3.8) is 0 Å². The minimum absolute atomic E-state index is 0.248. The molecule has 0 radical (unpaired) electrons. The van der Waals surface area contributed by atoms with Gasteiger partial charge in [-0.1, -0.05) is 0 Å². The minimum atomic E-state index is 0.248. The molecule has 0 aliphatic carbocycles. The summed E-state index contributed by atoms with van der Waals surface area (Å²) in [5.74, 6) is 1.87. The van der Waals surface area contributed by atoms with E-state index in [0.717, 1.165) is 37.9 Å². The highest BCUT2D eigenvalue weighted by atomic mass is 16.3. The molecule has 0 saturated carbocycles. The quantitative estimate of drug-likeness (QED) is 0.599. The number of hydrogen-bond donors (Lipinski definition) is 2. The van der Waals surface area contributed by atoms with Gasteiger partial charge in [-0.3, -0.25) is 4.90 Å². The highest BCUT2D eigenvalue weighted by molar-refractivity contribution is 5.79. The Labute approximate surface area is 149 Å². The van der Waals surface area contributed by atoms with Crippen LogP contribution < -0.4 is 10.6 Å². The first kappa shape index (κ1) is 17.6. The Kier molecular flexibility index (Phi) is 6.17. The molecule has 0 spiro atoms. The maximum atomic E-state index is 5.69. The number of aliphatic imine (C=N–C) groups is 1. The third-order valence-electron chi connectivity index (χ3n) is 4.57. The summed E-state index contributed by atoms with van der Waals surface area (Å²) in [6.45, 7) is 6.65. The van der Waals surface area contributed by atoms with Gasteiger partial charge in [-0.05, 0) is 56.6 Å². The van der Waals surface area contributed by atoms with Crippen LogP contribution in [-0.2, 0) is 13.6 Å². The van der Waals surface area contributed by atoms with Crippen molar-refractivity contribution in [3.05, 3.63) is 48.2 Å². The summed E-state index contributed by atoms with van der Waals surface area (Å²) < 4.78 is 7.73. The van der Waals surface area contributed by atoms with Crippen LogP contribution in [-0.4, -0.2) is 41.6 Å². The van der Waals surface area contributed by atoms with Crippen LogP contribution in [0.4, 0.5) is 0 Å². The summed E-state index contributed by atoms with van der Waals surface area (Å²) in [4.78, 5) is 7.20. The first-order chi connectivity index (χ1) is 12.3. The van der Waals surface area contributed by atoms with Crippen molar-refractivity contribution >= 4 is 5.96 Å². The van der Waals surface area contributed by atoms with Crippen LogP contribution in [0.15, 0.2) is 46.3 Å². The molecule has 0 aromatic carbocycles. The van der Waals surface area contributed by atoms with Gasteiger partial charge in [-0.25, -0.2) is 4.99 Å². The van der Waals surface area contributed by atoms with E-state index in [2.05, 4.69) is 40.8 Å². The van der Waals surface area contributed by atoms with E-state index in [1.54, 1.807) is 6.26 Å². The lowest BCUT2D eigenvalue weighted by Gasteiger charge is -2.26. The second-order valence-electron chi connectivity index (χ2n) is 6.54. The van der Waals surface area contributed by atoms with E-state index < -0.39 is 0 Å². The molecule has 6 nitrogen and oxygen atoms in total. The molecule has 1 atom stereocenters. The lowest BCUT2D eigenvalue weighted by molar-refractivity contribution is 0.215. The van der Waals surface area contributed by atoms with Crippen LogP contribution in [0.1, 0.15) is 37.1 Å². The topological polar surface area (TPSA) is 57.7 Å². The number of hydrogen-bond acceptors (Lipinski definition) is 3. The number of nitrogens with one attached hydrogen (secondary N) is 2. The van der Waals surface area contributed by atoms with E-state index in [4.69, 9.17) is 9.41 Å². The van der Waals surface area contributed by atoms with E-state index >= 15 is 0 Å². The molecule has 1 unspecified atom stereocenters. The van der Waals surface area contributed by atoms with Gasteiger partial charge in [-0.2, -0.15) is 0 Å². The summed E-state index contributed by atoms with van der Waals surface area (Å²) in [6.07, 6.45) is 8.43. The SMILES string of the molecule is CCNC(=NCc1ccn(C)c1)NCC(c1ccco1)N1CCCC1. The molecule has 2 N–H and O–H groups in total. The molecule has 1 saturated heterocycles. The Bertz CT molecular complexity index is 655. The van der Waals surface area contributed by atoms with Gasteiger partial charge in [0, 0.05) is 32.5 Å². The van der Waals surface area contributed by atoms with Crippen molar-refractivity contribution in [3.8, 4) is 0 Å². The first-order valence-electron chi connectivity index (χ1n) is 9.16. The summed E-state index contributed by atoms with van der Waals surface area (Å²) in [6, 6.07) is 6.38. The van der Waals surface area contributed by atoms with Crippen molar-refractivity contribution in [2.45, 2.75) is 32.4 Å². The van der Waals surface area contributed by atoms with Gasteiger partial charge >= 0.3 is 0 Å². The normalized spacial score (nSPS) is 17.0. The molecular weight excluding hydrogens is 314 g/mol. The number of rotatable bonds is 7. The van der Waals surface area contributed by atoms with Gasteiger partial charge in [0.15, 0.2) is 5.96 Å². The predicted octanol–water partition coefficient (Wildman–Crippen LogP) is 2.51. The molecular formula is C19H29N5O. The number of furan rings is 1. The van der Waals surface area contributed by atoms with Gasteiger partial charge in [0.2, 0.25) is 0 Å². The average molecular weight is 343 g/mol. The monoisotopic (exact) mass is 343 g/mol. The summed E-state index contributed by atoms with van der Waals surface area (Å²) in [5, 5.41) is 6.83. The molecule has 25 heavy (non-hydrogen) atoms. The lowest BCUT2D eigenvalue weighted by atomic mass is 10.2. The van der Waals surface area contributed by atoms with Crippen molar-refractivity contribution in [1.82, 2.24) is 20.1 Å². The largest absolute Gasteiger partial charge is 0.468 e. The van der Waals surface area contributed by atoms with Crippen LogP contribution in [0.25, 0.3) is 0 Å². The Hall–Kier alpha value is -2.21. The van der Waals surface area contributed by atoms with Crippen molar-refractivity contribution in [2.24, 2.45) is 12.0 Å². The Morgan fingerprint density at radius 1 is 1.28 bits per heavy atom. The van der Waals surface area contributed by atoms with Gasteiger partial charge in [0.25, 0.3) is 0 Å².